The fourth-order valence-corrected chi connectivity index (χ4v) is 2.84. The largest absolute Gasteiger partial charge is 0.352 e. The zero-order valence-corrected chi connectivity index (χ0v) is 11.8. The number of rotatable bonds is 4. The lowest BCUT2D eigenvalue weighted by Gasteiger charge is -2.13. The summed E-state index contributed by atoms with van der Waals surface area (Å²) in [5.74, 6) is 6.64. The molecule has 0 radical (unpaired) electrons. The van der Waals surface area contributed by atoms with Gasteiger partial charge in [-0.15, -0.1) is 0 Å². The Balaban J connectivity index is 1.97. The van der Waals surface area contributed by atoms with Gasteiger partial charge in [-0.05, 0) is 42.9 Å². The Hall–Kier alpha value is -1.26. The van der Waals surface area contributed by atoms with Crippen LogP contribution in [0.5, 0.6) is 0 Å². The highest BCUT2D eigenvalue weighted by atomic mass is 35.5. The Morgan fingerprint density at radius 2 is 2.26 bits per heavy atom. The first-order valence-electron chi connectivity index (χ1n) is 6.64. The third-order valence-corrected chi connectivity index (χ3v) is 3.97. The van der Waals surface area contributed by atoms with Crippen molar-refractivity contribution in [2.24, 2.45) is 17.7 Å². The second-order valence-electron chi connectivity index (χ2n) is 5.33. The molecule has 0 aliphatic heterocycles. The molecule has 2 rings (SSSR count). The summed E-state index contributed by atoms with van der Waals surface area (Å²) >= 11 is 5.92. The number of carbonyl (C=O) groups is 1. The molecule has 0 saturated heterocycles. The molecular weight excluding hydrogens is 262 g/mol. The van der Waals surface area contributed by atoms with Crippen LogP contribution < -0.4 is 16.6 Å². The van der Waals surface area contributed by atoms with Crippen molar-refractivity contribution in [2.45, 2.75) is 26.2 Å². The molecule has 2 unspecified atom stereocenters. The van der Waals surface area contributed by atoms with E-state index in [0.29, 0.717) is 22.2 Å². The molecule has 0 bridgehead atoms. The van der Waals surface area contributed by atoms with Crippen molar-refractivity contribution < 1.29 is 4.79 Å². The SMILES string of the molecule is CC1CCC(CNC(=O)c2cc(Cl)ccc2NN)C1. The quantitative estimate of drug-likeness (QED) is 0.587. The lowest BCUT2D eigenvalue weighted by Crippen LogP contribution is -2.29. The van der Waals surface area contributed by atoms with Crippen LogP contribution in [0.2, 0.25) is 5.02 Å². The first kappa shape index (κ1) is 14.2. The topological polar surface area (TPSA) is 67.2 Å². The van der Waals surface area contributed by atoms with E-state index in [9.17, 15) is 4.79 Å². The lowest BCUT2D eigenvalue weighted by atomic mass is 10.1. The molecule has 1 aromatic rings. The van der Waals surface area contributed by atoms with Crippen LogP contribution in [0, 0.1) is 11.8 Å². The van der Waals surface area contributed by atoms with E-state index in [-0.39, 0.29) is 5.91 Å². The Morgan fingerprint density at radius 3 is 2.89 bits per heavy atom. The molecule has 1 aliphatic carbocycles. The third kappa shape index (κ3) is 3.61. The number of hydrazine groups is 1. The number of nitrogen functional groups attached to an aromatic ring is 1. The molecule has 4 N–H and O–H groups in total. The van der Waals surface area contributed by atoms with Crippen LogP contribution in [0.3, 0.4) is 0 Å². The van der Waals surface area contributed by atoms with Gasteiger partial charge in [0.15, 0.2) is 0 Å². The van der Waals surface area contributed by atoms with Crippen LogP contribution in [0.1, 0.15) is 36.5 Å². The summed E-state index contributed by atoms with van der Waals surface area (Å²) in [5.41, 5.74) is 3.59. The summed E-state index contributed by atoms with van der Waals surface area (Å²) in [4.78, 5) is 12.1. The molecule has 0 spiro atoms. The van der Waals surface area contributed by atoms with Crippen molar-refractivity contribution in [1.29, 1.82) is 0 Å². The maximum absolute atomic E-state index is 12.1. The van der Waals surface area contributed by atoms with Crippen LogP contribution in [-0.2, 0) is 0 Å². The second-order valence-corrected chi connectivity index (χ2v) is 5.76. The van der Waals surface area contributed by atoms with Gasteiger partial charge in [-0.1, -0.05) is 24.9 Å². The van der Waals surface area contributed by atoms with E-state index < -0.39 is 0 Å². The summed E-state index contributed by atoms with van der Waals surface area (Å²) < 4.78 is 0. The van der Waals surface area contributed by atoms with Gasteiger partial charge in [0.2, 0.25) is 0 Å². The van der Waals surface area contributed by atoms with Crippen molar-refractivity contribution >= 4 is 23.2 Å². The molecule has 104 valence electrons. The third-order valence-electron chi connectivity index (χ3n) is 3.74. The standard InChI is InChI=1S/C14H20ClN3O/c1-9-2-3-10(6-9)8-17-14(19)12-7-11(15)4-5-13(12)18-16/h4-5,7,9-10,18H,2-3,6,8,16H2,1H3,(H,17,19). The molecule has 1 fully saturated rings. The average molecular weight is 282 g/mol. The first-order chi connectivity index (χ1) is 9.10. The number of benzene rings is 1. The van der Waals surface area contributed by atoms with E-state index in [4.69, 9.17) is 17.4 Å². The van der Waals surface area contributed by atoms with Crippen LogP contribution in [0.25, 0.3) is 0 Å². The van der Waals surface area contributed by atoms with Crippen molar-refractivity contribution in [2.75, 3.05) is 12.0 Å². The molecule has 4 nitrogen and oxygen atoms in total. The molecule has 0 aromatic heterocycles. The highest BCUT2D eigenvalue weighted by Gasteiger charge is 2.22. The number of halogens is 1. The zero-order valence-electron chi connectivity index (χ0n) is 11.1. The number of carbonyl (C=O) groups excluding carboxylic acids is 1. The first-order valence-corrected chi connectivity index (χ1v) is 7.02. The molecule has 1 aliphatic rings. The normalized spacial score (nSPS) is 22.3. The minimum atomic E-state index is -0.130. The molecule has 19 heavy (non-hydrogen) atoms. The highest BCUT2D eigenvalue weighted by Crippen LogP contribution is 2.29. The minimum Gasteiger partial charge on any atom is -0.352 e. The summed E-state index contributed by atoms with van der Waals surface area (Å²) in [6.07, 6.45) is 3.64. The van der Waals surface area contributed by atoms with Gasteiger partial charge in [-0.2, -0.15) is 0 Å². The summed E-state index contributed by atoms with van der Waals surface area (Å²) in [6, 6.07) is 5.03. The fourth-order valence-electron chi connectivity index (χ4n) is 2.67. The van der Waals surface area contributed by atoms with E-state index in [1.54, 1.807) is 18.2 Å². The number of hydrogen-bond acceptors (Lipinski definition) is 3. The maximum atomic E-state index is 12.1. The molecule has 1 aromatic carbocycles. The van der Waals surface area contributed by atoms with Gasteiger partial charge < -0.3 is 10.7 Å². The van der Waals surface area contributed by atoms with Crippen LogP contribution in [-0.4, -0.2) is 12.5 Å². The van der Waals surface area contributed by atoms with E-state index >= 15 is 0 Å². The van der Waals surface area contributed by atoms with Gasteiger partial charge in [-0.25, -0.2) is 0 Å². The lowest BCUT2D eigenvalue weighted by molar-refractivity contribution is 0.0948. The average Bonchev–Trinajstić information content (AvgIpc) is 2.81. The van der Waals surface area contributed by atoms with Gasteiger partial charge in [-0.3, -0.25) is 10.6 Å². The van der Waals surface area contributed by atoms with E-state index in [0.717, 1.165) is 12.5 Å². The molecule has 2 atom stereocenters. The fraction of sp³-hybridized carbons (Fsp3) is 0.500. The number of hydrogen-bond donors (Lipinski definition) is 3. The number of amides is 1. The second kappa shape index (κ2) is 6.26. The van der Waals surface area contributed by atoms with E-state index in [1.165, 1.54) is 19.3 Å². The Kier molecular flexibility index (Phi) is 4.66. The van der Waals surface area contributed by atoms with Gasteiger partial charge in [0.05, 0.1) is 11.3 Å². The van der Waals surface area contributed by atoms with E-state index in [1.807, 2.05) is 0 Å². The van der Waals surface area contributed by atoms with Gasteiger partial charge in [0.1, 0.15) is 0 Å². The molecule has 0 heterocycles. The van der Waals surface area contributed by atoms with E-state index in [2.05, 4.69) is 17.7 Å². The smallest absolute Gasteiger partial charge is 0.253 e. The number of anilines is 1. The van der Waals surface area contributed by atoms with Gasteiger partial charge in [0.25, 0.3) is 5.91 Å². The van der Waals surface area contributed by atoms with Crippen molar-refractivity contribution in [3.63, 3.8) is 0 Å². The summed E-state index contributed by atoms with van der Waals surface area (Å²) in [7, 11) is 0. The van der Waals surface area contributed by atoms with Crippen LogP contribution >= 0.6 is 11.6 Å². The van der Waals surface area contributed by atoms with Crippen molar-refractivity contribution in [3.05, 3.63) is 28.8 Å². The molecule has 1 amide bonds. The molecule has 5 heteroatoms. The summed E-state index contributed by atoms with van der Waals surface area (Å²) in [6.45, 7) is 2.98. The number of nitrogens with one attached hydrogen (secondary N) is 2. The minimum absolute atomic E-state index is 0.130. The van der Waals surface area contributed by atoms with Gasteiger partial charge >= 0.3 is 0 Å². The monoisotopic (exact) mass is 281 g/mol. The Bertz CT molecular complexity index is 464. The highest BCUT2D eigenvalue weighted by molar-refractivity contribution is 6.31. The molecular formula is C14H20ClN3O. The maximum Gasteiger partial charge on any atom is 0.253 e. The Labute approximate surface area is 118 Å². The van der Waals surface area contributed by atoms with Crippen LogP contribution in [0.4, 0.5) is 5.69 Å². The van der Waals surface area contributed by atoms with Gasteiger partial charge in [0, 0.05) is 11.6 Å². The molecule has 1 saturated carbocycles. The zero-order chi connectivity index (χ0) is 13.8. The van der Waals surface area contributed by atoms with Crippen molar-refractivity contribution in [3.8, 4) is 0 Å². The summed E-state index contributed by atoms with van der Waals surface area (Å²) in [5, 5.41) is 3.50. The van der Waals surface area contributed by atoms with Crippen LogP contribution in [0.15, 0.2) is 18.2 Å². The predicted octanol–water partition coefficient (Wildman–Crippen LogP) is 2.79. The predicted molar refractivity (Wildman–Crippen MR) is 78.1 cm³/mol. The Morgan fingerprint density at radius 1 is 1.47 bits per heavy atom. The van der Waals surface area contributed by atoms with Crippen molar-refractivity contribution in [1.82, 2.24) is 5.32 Å². The number of nitrogens with two attached hydrogens (primary N) is 1.